The maximum Gasteiger partial charge on any atom is 0.124 e. The first kappa shape index (κ1) is 13.6. The monoisotopic (exact) mass is 233 g/mol. The number of hydrogen-bond acceptors (Lipinski definition) is 2. The van der Waals surface area contributed by atoms with Crippen LogP contribution in [0.25, 0.3) is 0 Å². The Hall–Kier alpha value is -1.44. The third-order valence-electron chi connectivity index (χ3n) is 2.36. The van der Waals surface area contributed by atoms with E-state index in [1.165, 1.54) is 0 Å². The fourth-order valence-corrected chi connectivity index (χ4v) is 1.54. The van der Waals surface area contributed by atoms with Crippen molar-refractivity contribution in [2.75, 3.05) is 6.61 Å². The van der Waals surface area contributed by atoms with E-state index in [4.69, 9.17) is 9.47 Å². The first-order chi connectivity index (χ1) is 8.08. The van der Waals surface area contributed by atoms with Crippen molar-refractivity contribution in [2.45, 2.75) is 33.8 Å². The van der Waals surface area contributed by atoms with Crippen molar-refractivity contribution in [1.82, 2.24) is 0 Å². The molecule has 1 rings (SSSR count). The molecule has 0 heterocycles. The molecule has 0 N–H and O–H groups in total. The number of ether oxygens (including phenoxy) is 2. The minimum atomic E-state index is 0.157. The van der Waals surface area contributed by atoms with Gasteiger partial charge in [0, 0.05) is 11.5 Å². The standard InChI is InChI=1S/C15H21O2/c1-6-12(5)14-10-13(16-7-2)8-9-15(14)17-11(3)4/h6,8-11H,1,7H2,2-5H3. The molecule has 0 bridgehead atoms. The Morgan fingerprint density at radius 2 is 2.12 bits per heavy atom. The van der Waals surface area contributed by atoms with Gasteiger partial charge in [-0.05, 0) is 39.0 Å². The fourth-order valence-electron chi connectivity index (χ4n) is 1.54. The molecule has 0 unspecified atom stereocenters. The average molecular weight is 233 g/mol. The van der Waals surface area contributed by atoms with Crippen LogP contribution in [0.5, 0.6) is 11.5 Å². The Balaban J connectivity index is 3.06. The van der Waals surface area contributed by atoms with Crippen LogP contribution in [-0.4, -0.2) is 12.7 Å². The molecule has 93 valence electrons. The van der Waals surface area contributed by atoms with Gasteiger partial charge in [0.2, 0.25) is 0 Å². The van der Waals surface area contributed by atoms with E-state index >= 15 is 0 Å². The second-order valence-electron chi connectivity index (χ2n) is 4.14. The number of benzene rings is 1. The van der Waals surface area contributed by atoms with E-state index in [-0.39, 0.29) is 6.10 Å². The third-order valence-corrected chi connectivity index (χ3v) is 2.36. The van der Waals surface area contributed by atoms with Crippen LogP contribution in [0, 0.1) is 5.92 Å². The van der Waals surface area contributed by atoms with Gasteiger partial charge in [0.15, 0.2) is 0 Å². The van der Waals surface area contributed by atoms with Crippen molar-refractivity contribution < 1.29 is 9.47 Å². The second-order valence-corrected chi connectivity index (χ2v) is 4.14. The lowest BCUT2D eigenvalue weighted by Crippen LogP contribution is -2.08. The molecule has 1 aromatic rings. The maximum absolute atomic E-state index is 5.78. The molecule has 0 spiro atoms. The summed E-state index contributed by atoms with van der Waals surface area (Å²) in [4.78, 5) is 0. The Bertz CT molecular complexity index is 369. The van der Waals surface area contributed by atoms with Gasteiger partial charge in [-0.25, -0.2) is 0 Å². The van der Waals surface area contributed by atoms with Crippen LogP contribution in [0.4, 0.5) is 0 Å². The molecule has 0 fully saturated rings. The summed E-state index contributed by atoms with van der Waals surface area (Å²) in [6.45, 7) is 12.5. The minimum Gasteiger partial charge on any atom is -0.494 e. The Morgan fingerprint density at radius 1 is 1.41 bits per heavy atom. The number of rotatable bonds is 6. The SMILES string of the molecule is C=C[C](C)c1cc(OCC)ccc1OC(C)C. The van der Waals surface area contributed by atoms with Gasteiger partial charge in [0.1, 0.15) is 11.5 Å². The molecule has 0 aliphatic rings. The van der Waals surface area contributed by atoms with Crippen LogP contribution < -0.4 is 9.47 Å². The molecule has 1 radical (unpaired) electrons. The molecule has 0 aliphatic heterocycles. The summed E-state index contributed by atoms with van der Waals surface area (Å²) in [6.07, 6.45) is 1.99. The van der Waals surface area contributed by atoms with Gasteiger partial charge in [-0.1, -0.05) is 13.0 Å². The van der Waals surface area contributed by atoms with Crippen LogP contribution in [0.15, 0.2) is 30.9 Å². The van der Waals surface area contributed by atoms with Crippen LogP contribution >= 0.6 is 0 Å². The van der Waals surface area contributed by atoms with Crippen LogP contribution in [-0.2, 0) is 0 Å². The normalized spacial score (nSPS) is 10.7. The van der Waals surface area contributed by atoms with Gasteiger partial charge >= 0.3 is 0 Å². The zero-order valence-corrected chi connectivity index (χ0v) is 11.1. The van der Waals surface area contributed by atoms with Crippen molar-refractivity contribution >= 4 is 0 Å². The molecule has 1 aromatic carbocycles. The van der Waals surface area contributed by atoms with E-state index in [1.54, 1.807) is 0 Å². The summed E-state index contributed by atoms with van der Waals surface area (Å²) in [5.41, 5.74) is 1.04. The van der Waals surface area contributed by atoms with Crippen LogP contribution in [0.2, 0.25) is 0 Å². The topological polar surface area (TPSA) is 18.5 Å². The maximum atomic E-state index is 5.78. The lowest BCUT2D eigenvalue weighted by molar-refractivity contribution is 0.240. The van der Waals surface area contributed by atoms with E-state index in [0.29, 0.717) is 6.61 Å². The second kappa shape index (κ2) is 6.33. The van der Waals surface area contributed by atoms with Crippen molar-refractivity contribution in [3.8, 4) is 11.5 Å². The predicted molar refractivity (Wildman–Crippen MR) is 71.6 cm³/mol. The summed E-state index contributed by atoms with van der Waals surface area (Å²) >= 11 is 0. The first-order valence-corrected chi connectivity index (χ1v) is 5.98. The largest absolute Gasteiger partial charge is 0.494 e. The lowest BCUT2D eigenvalue weighted by Gasteiger charge is -2.17. The quantitative estimate of drug-likeness (QED) is 0.739. The summed E-state index contributed by atoms with van der Waals surface area (Å²) in [5, 5.41) is 0. The van der Waals surface area contributed by atoms with Crippen molar-refractivity contribution in [2.24, 2.45) is 0 Å². The molecule has 0 saturated heterocycles. The molecule has 2 heteroatoms. The molecule has 0 aromatic heterocycles. The van der Waals surface area contributed by atoms with Crippen molar-refractivity contribution in [3.63, 3.8) is 0 Å². The van der Waals surface area contributed by atoms with Crippen molar-refractivity contribution in [1.29, 1.82) is 0 Å². The van der Waals surface area contributed by atoms with Gasteiger partial charge in [-0.15, -0.1) is 6.58 Å². The van der Waals surface area contributed by atoms with Crippen LogP contribution in [0.3, 0.4) is 0 Å². The van der Waals surface area contributed by atoms with E-state index in [2.05, 4.69) is 6.58 Å². The zero-order valence-electron chi connectivity index (χ0n) is 11.1. The fraction of sp³-hybridized carbons (Fsp3) is 0.400. The van der Waals surface area contributed by atoms with E-state index < -0.39 is 0 Å². The van der Waals surface area contributed by atoms with E-state index in [9.17, 15) is 0 Å². The molecular formula is C15H21O2. The molecule has 17 heavy (non-hydrogen) atoms. The Morgan fingerprint density at radius 3 is 2.65 bits per heavy atom. The molecule has 0 atom stereocenters. The highest BCUT2D eigenvalue weighted by atomic mass is 16.5. The van der Waals surface area contributed by atoms with Gasteiger partial charge in [0.05, 0.1) is 12.7 Å². The zero-order chi connectivity index (χ0) is 12.8. The summed E-state index contributed by atoms with van der Waals surface area (Å²) in [6, 6.07) is 5.88. The highest BCUT2D eigenvalue weighted by Gasteiger charge is 2.12. The Kier molecular flexibility index (Phi) is 5.08. The molecule has 0 saturated carbocycles. The van der Waals surface area contributed by atoms with Crippen molar-refractivity contribution in [3.05, 3.63) is 42.3 Å². The van der Waals surface area contributed by atoms with Gasteiger partial charge < -0.3 is 9.47 Å². The summed E-state index contributed by atoms with van der Waals surface area (Å²) < 4.78 is 11.3. The van der Waals surface area contributed by atoms with E-state index in [0.717, 1.165) is 23.0 Å². The Labute approximate surface area is 104 Å². The van der Waals surface area contributed by atoms with Gasteiger partial charge in [0.25, 0.3) is 0 Å². The predicted octanol–water partition coefficient (Wildman–Crippen LogP) is 4.00. The molecule has 0 aliphatic carbocycles. The average Bonchev–Trinajstić information content (AvgIpc) is 2.30. The molecule has 0 amide bonds. The summed E-state index contributed by atoms with van der Waals surface area (Å²) in [7, 11) is 0. The first-order valence-electron chi connectivity index (χ1n) is 5.98. The highest BCUT2D eigenvalue weighted by Crippen LogP contribution is 2.31. The van der Waals surface area contributed by atoms with Gasteiger partial charge in [-0.2, -0.15) is 0 Å². The van der Waals surface area contributed by atoms with Gasteiger partial charge in [-0.3, -0.25) is 0 Å². The number of hydrogen-bond donors (Lipinski definition) is 0. The number of allylic oxidation sites excluding steroid dienone is 1. The third kappa shape index (κ3) is 3.81. The minimum absolute atomic E-state index is 0.157. The van der Waals surface area contributed by atoms with E-state index in [1.807, 2.05) is 52.0 Å². The highest BCUT2D eigenvalue weighted by molar-refractivity contribution is 5.50. The smallest absolute Gasteiger partial charge is 0.124 e. The summed E-state index contributed by atoms with van der Waals surface area (Å²) in [5.74, 6) is 2.82. The molecular weight excluding hydrogens is 212 g/mol. The van der Waals surface area contributed by atoms with Crippen LogP contribution in [0.1, 0.15) is 33.3 Å². The molecule has 2 nitrogen and oxygen atoms in total. The lowest BCUT2D eigenvalue weighted by atomic mass is 10.00.